The van der Waals surface area contributed by atoms with E-state index in [2.05, 4.69) is 24.3 Å². The number of hydrogen-bond acceptors (Lipinski definition) is 2. The van der Waals surface area contributed by atoms with Crippen LogP contribution in [0, 0.1) is 18.8 Å². The number of nitrogens with zero attached hydrogens (tertiary/aromatic N) is 2. The molecule has 1 N–H and O–H groups in total. The van der Waals surface area contributed by atoms with Crippen molar-refractivity contribution >= 4 is 11.6 Å². The molecular weight excluding hydrogens is 281 g/mol. The summed E-state index contributed by atoms with van der Waals surface area (Å²) in [6, 6.07) is 7.64. The summed E-state index contributed by atoms with van der Waals surface area (Å²) < 4.78 is 15.0. The van der Waals surface area contributed by atoms with Gasteiger partial charge in [0.05, 0.1) is 5.69 Å². The summed E-state index contributed by atoms with van der Waals surface area (Å²) in [6.07, 6.45) is 1.91. The number of carbonyl (C=O) groups is 1. The Morgan fingerprint density at radius 1 is 1.36 bits per heavy atom. The highest BCUT2D eigenvalue weighted by atomic mass is 19.1. The van der Waals surface area contributed by atoms with Crippen LogP contribution >= 0.6 is 0 Å². The van der Waals surface area contributed by atoms with Crippen molar-refractivity contribution in [3.63, 3.8) is 0 Å². The zero-order valence-electron chi connectivity index (χ0n) is 13.5. The number of aryl methyl sites for hydroxylation is 3. The Bertz CT molecular complexity index is 677. The van der Waals surface area contributed by atoms with E-state index in [0.29, 0.717) is 11.6 Å². The van der Waals surface area contributed by atoms with Crippen molar-refractivity contribution in [2.24, 2.45) is 13.0 Å². The first-order valence-electron chi connectivity index (χ1n) is 7.48. The fourth-order valence-corrected chi connectivity index (χ4v) is 2.38. The molecule has 0 aliphatic heterocycles. The first-order valence-corrected chi connectivity index (χ1v) is 7.48. The lowest BCUT2D eigenvalue weighted by molar-refractivity contribution is 0.102. The van der Waals surface area contributed by atoms with Crippen molar-refractivity contribution in [3.05, 3.63) is 47.0 Å². The SMILES string of the molecule is Cc1nn(C)c(F)c1C(=O)Nc1ccccc1CCC(C)C. The molecule has 0 atom stereocenters. The topological polar surface area (TPSA) is 46.9 Å². The number of benzene rings is 1. The third kappa shape index (κ3) is 3.53. The minimum absolute atomic E-state index is 0.00108. The molecule has 2 rings (SSSR count). The highest BCUT2D eigenvalue weighted by Crippen LogP contribution is 2.21. The molecule has 22 heavy (non-hydrogen) atoms. The van der Waals surface area contributed by atoms with Crippen molar-refractivity contribution in [3.8, 4) is 0 Å². The number of aromatic nitrogens is 2. The second-order valence-corrected chi connectivity index (χ2v) is 5.92. The Balaban J connectivity index is 2.21. The van der Waals surface area contributed by atoms with E-state index in [1.807, 2.05) is 24.3 Å². The average molecular weight is 303 g/mol. The van der Waals surface area contributed by atoms with E-state index in [1.54, 1.807) is 6.92 Å². The van der Waals surface area contributed by atoms with Gasteiger partial charge in [-0.1, -0.05) is 32.0 Å². The Labute approximate surface area is 130 Å². The predicted molar refractivity (Wildman–Crippen MR) is 85.5 cm³/mol. The van der Waals surface area contributed by atoms with Gasteiger partial charge in [0.15, 0.2) is 0 Å². The molecule has 1 aromatic heterocycles. The first-order chi connectivity index (χ1) is 10.4. The molecule has 2 aromatic rings. The van der Waals surface area contributed by atoms with Crippen LogP contribution in [-0.2, 0) is 13.5 Å². The van der Waals surface area contributed by atoms with Crippen LogP contribution in [0.15, 0.2) is 24.3 Å². The minimum atomic E-state index is -0.616. The number of para-hydroxylation sites is 1. The van der Waals surface area contributed by atoms with Crippen LogP contribution < -0.4 is 5.32 Å². The normalized spacial score (nSPS) is 11.0. The molecule has 0 aliphatic carbocycles. The largest absolute Gasteiger partial charge is 0.322 e. The van der Waals surface area contributed by atoms with E-state index in [9.17, 15) is 9.18 Å². The maximum atomic E-state index is 14.0. The summed E-state index contributed by atoms with van der Waals surface area (Å²) >= 11 is 0. The zero-order valence-corrected chi connectivity index (χ0v) is 13.5. The number of halogens is 1. The molecule has 0 aliphatic rings. The van der Waals surface area contributed by atoms with E-state index >= 15 is 0 Å². The maximum Gasteiger partial charge on any atom is 0.262 e. The highest BCUT2D eigenvalue weighted by molar-refractivity contribution is 6.05. The number of hydrogen-bond donors (Lipinski definition) is 1. The molecule has 0 radical (unpaired) electrons. The van der Waals surface area contributed by atoms with Crippen LogP contribution in [0.2, 0.25) is 0 Å². The van der Waals surface area contributed by atoms with E-state index in [4.69, 9.17) is 0 Å². The smallest absolute Gasteiger partial charge is 0.262 e. The van der Waals surface area contributed by atoms with Gasteiger partial charge in [0.1, 0.15) is 5.56 Å². The van der Waals surface area contributed by atoms with Gasteiger partial charge in [-0.15, -0.1) is 0 Å². The minimum Gasteiger partial charge on any atom is -0.322 e. The molecule has 1 amide bonds. The Hall–Kier alpha value is -2.17. The monoisotopic (exact) mass is 303 g/mol. The molecule has 1 aromatic carbocycles. The third-order valence-electron chi connectivity index (χ3n) is 3.64. The zero-order chi connectivity index (χ0) is 16.3. The van der Waals surface area contributed by atoms with Crippen LogP contribution in [-0.4, -0.2) is 15.7 Å². The van der Waals surface area contributed by atoms with Crippen molar-refractivity contribution in [1.82, 2.24) is 9.78 Å². The number of carbonyl (C=O) groups excluding carboxylic acids is 1. The van der Waals surface area contributed by atoms with Crippen LogP contribution in [0.25, 0.3) is 0 Å². The Morgan fingerprint density at radius 2 is 2.05 bits per heavy atom. The number of nitrogens with one attached hydrogen (secondary N) is 1. The van der Waals surface area contributed by atoms with Crippen LogP contribution in [0.4, 0.5) is 10.1 Å². The molecule has 118 valence electrons. The van der Waals surface area contributed by atoms with Crippen molar-refractivity contribution < 1.29 is 9.18 Å². The van der Waals surface area contributed by atoms with Crippen molar-refractivity contribution in [2.45, 2.75) is 33.6 Å². The van der Waals surface area contributed by atoms with Gasteiger partial charge in [0, 0.05) is 12.7 Å². The fraction of sp³-hybridized carbons (Fsp3) is 0.412. The number of rotatable bonds is 5. The standard InChI is InChI=1S/C17H22FN3O/c1-11(2)9-10-13-7-5-6-8-14(13)19-17(22)15-12(3)20-21(4)16(15)18/h5-8,11H,9-10H2,1-4H3,(H,19,22). The van der Waals surface area contributed by atoms with Crippen molar-refractivity contribution in [2.75, 3.05) is 5.32 Å². The Kier molecular flexibility index (Phi) is 4.96. The van der Waals surface area contributed by atoms with Crippen LogP contribution in [0.5, 0.6) is 0 Å². The summed E-state index contributed by atoms with van der Waals surface area (Å²) in [5, 5.41) is 6.75. The highest BCUT2D eigenvalue weighted by Gasteiger charge is 2.21. The van der Waals surface area contributed by atoms with Gasteiger partial charge in [-0.3, -0.25) is 4.79 Å². The molecule has 1 heterocycles. The lowest BCUT2D eigenvalue weighted by Crippen LogP contribution is -2.15. The summed E-state index contributed by atoms with van der Waals surface area (Å²) in [5.41, 5.74) is 2.18. The number of amides is 1. The molecule has 0 bridgehead atoms. The van der Waals surface area contributed by atoms with E-state index in [0.717, 1.165) is 28.8 Å². The van der Waals surface area contributed by atoms with E-state index in [-0.39, 0.29) is 5.56 Å². The molecular formula is C17H22FN3O. The summed E-state index contributed by atoms with van der Waals surface area (Å²) in [7, 11) is 1.48. The fourth-order valence-electron chi connectivity index (χ4n) is 2.38. The van der Waals surface area contributed by atoms with Gasteiger partial charge < -0.3 is 5.32 Å². The molecule has 0 saturated carbocycles. The quantitative estimate of drug-likeness (QED) is 0.915. The van der Waals surface area contributed by atoms with Gasteiger partial charge in [0.25, 0.3) is 5.91 Å². The van der Waals surface area contributed by atoms with Gasteiger partial charge >= 0.3 is 0 Å². The van der Waals surface area contributed by atoms with E-state index < -0.39 is 11.9 Å². The first kappa shape index (κ1) is 16.2. The third-order valence-corrected chi connectivity index (χ3v) is 3.64. The molecule has 4 nitrogen and oxygen atoms in total. The molecule has 0 saturated heterocycles. The van der Waals surface area contributed by atoms with Gasteiger partial charge in [-0.25, -0.2) is 4.68 Å². The second kappa shape index (κ2) is 6.73. The van der Waals surface area contributed by atoms with Crippen LogP contribution in [0.1, 0.15) is 41.9 Å². The summed E-state index contributed by atoms with van der Waals surface area (Å²) in [6.45, 7) is 5.95. The summed E-state index contributed by atoms with van der Waals surface area (Å²) in [5.74, 6) is -0.489. The summed E-state index contributed by atoms with van der Waals surface area (Å²) in [4.78, 5) is 12.4. The lowest BCUT2D eigenvalue weighted by Gasteiger charge is -2.12. The molecule has 0 spiro atoms. The van der Waals surface area contributed by atoms with Crippen molar-refractivity contribution in [1.29, 1.82) is 0 Å². The molecule has 0 fully saturated rings. The maximum absolute atomic E-state index is 14.0. The van der Waals surface area contributed by atoms with Gasteiger partial charge in [-0.05, 0) is 37.3 Å². The van der Waals surface area contributed by atoms with E-state index in [1.165, 1.54) is 7.05 Å². The Morgan fingerprint density at radius 3 is 2.64 bits per heavy atom. The molecule has 5 heteroatoms. The predicted octanol–water partition coefficient (Wildman–Crippen LogP) is 3.71. The van der Waals surface area contributed by atoms with Gasteiger partial charge in [0.2, 0.25) is 5.95 Å². The number of anilines is 1. The van der Waals surface area contributed by atoms with Gasteiger partial charge in [-0.2, -0.15) is 9.49 Å². The average Bonchev–Trinajstić information content (AvgIpc) is 2.71. The van der Waals surface area contributed by atoms with Crippen LogP contribution in [0.3, 0.4) is 0 Å². The lowest BCUT2D eigenvalue weighted by atomic mass is 10.0. The molecule has 0 unspecified atom stereocenters. The second-order valence-electron chi connectivity index (χ2n) is 5.92.